The van der Waals surface area contributed by atoms with Gasteiger partial charge in [0.05, 0.1) is 0 Å². The maximum Gasteiger partial charge on any atom is 0.0499 e. The predicted octanol–water partition coefficient (Wildman–Crippen LogP) is 4.41. The summed E-state index contributed by atoms with van der Waals surface area (Å²) in [5.41, 5.74) is 4.09. The Labute approximate surface area is 114 Å². The molecule has 0 bridgehead atoms. The third kappa shape index (κ3) is 2.19. The summed E-state index contributed by atoms with van der Waals surface area (Å²) in [7, 11) is 0. The quantitative estimate of drug-likeness (QED) is 0.839. The normalized spacial score (nSPS) is 24.2. The standard InChI is InChI=1S/C16H21ClO/c17-16-9-14-12(6-7-13(14)10-18)8-15(16)11-4-2-1-3-5-11/h8-9,11,13,18H,1-7,10H2. The Morgan fingerprint density at radius 1 is 1.06 bits per heavy atom. The Morgan fingerprint density at radius 3 is 2.56 bits per heavy atom. The molecule has 1 aromatic carbocycles. The van der Waals surface area contributed by atoms with Crippen molar-refractivity contribution in [3.8, 4) is 0 Å². The van der Waals surface area contributed by atoms with Crippen molar-refractivity contribution in [1.82, 2.24) is 0 Å². The number of aliphatic hydroxyl groups excluding tert-OH is 1. The van der Waals surface area contributed by atoms with E-state index in [0.717, 1.165) is 17.9 Å². The van der Waals surface area contributed by atoms with Gasteiger partial charge in [-0.3, -0.25) is 0 Å². The molecule has 1 aromatic rings. The zero-order chi connectivity index (χ0) is 12.5. The SMILES string of the molecule is OCC1CCc2cc(C3CCCCC3)c(Cl)cc21. The van der Waals surface area contributed by atoms with E-state index in [-0.39, 0.29) is 6.61 Å². The number of aryl methyl sites for hydroxylation is 1. The van der Waals surface area contributed by atoms with Crippen LogP contribution in [-0.2, 0) is 6.42 Å². The minimum absolute atomic E-state index is 0.256. The third-order valence-electron chi connectivity index (χ3n) is 4.73. The predicted molar refractivity (Wildman–Crippen MR) is 75.4 cm³/mol. The van der Waals surface area contributed by atoms with Crippen LogP contribution >= 0.6 is 11.6 Å². The molecule has 0 amide bonds. The van der Waals surface area contributed by atoms with E-state index in [1.807, 2.05) is 0 Å². The second kappa shape index (κ2) is 5.22. The topological polar surface area (TPSA) is 20.2 Å². The van der Waals surface area contributed by atoms with Gasteiger partial charge in [0.1, 0.15) is 0 Å². The molecule has 1 saturated carbocycles. The first-order valence-corrected chi connectivity index (χ1v) is 7.60. The third-order valence-corrected chi connectivity index (χ3v) is 5.05. The molecule has 2 aliphatic rings. The van der Waals surface area contributed by atoms with Gasteiger partial charge in [0, 0.05) is 17.5 Å². The number of halogens is 1. The molecule has 1 N–H and O–H groups in total. The molecular formula is C16H21ClO. The van der Waals surface area contributed by atoms with Crippen LogP contribution in [-0.4, -0.2) is 11.7 Å². The molecule has 0 aromatic heterocycles. The van der Waals surface area contributed by atoms with Crippen LogP contribution in [0.25, 0.3) is 0 Å². The Balaban J connectivity index is 1.92. The van der Waals surface area contributed by atoms with Gasteiger partial charge in [0.2, 0.25) is 0 Å². The molecule has 0 spiro atoms. The molecule has 3 rings (SSSR count). The first-order valence-electron chi connectivity index (χ1n) is 7.22. The van der Waals surface area contributed by atoms with Gasteiger partial charge in [0.25, 0.3) is 0 Å². The fraction of sp³-hybridized carbons (Fsp3) is 0.625. The van der Waals surface area contributed by atoms with Gasteiger partial charge in [0.15, 0.2) is 0 Å². The lowest BCUT2D eigenvalue weighted by Gasteiger charge is -2.24. The molecule has 18 heavy (non-hydrogen) atoms. The zero-order valence-corrected chi connectivity index (χ0v) is 11.5. The van der Waals surface area contributed by atoms with Crippen LogP contribution in [0.4, 0.5) is 0 Å². The van der Waals surface area contributed by atoms with E-state index in [0.29, 0.717) is 11.8 Å². The van der Waals surface area contributed by atoms with Crippen LogP contribution in [0, 0.1) is 0 Å². The molecule has 2 aliphatic carbocycles. The second-order valence-corrected chi connectivity index (χ2v) is 6.23. The van der Waals surface area contributed by atoms with E-state index in [2.05, 4.69) is 12.1 Å². The summed E-state index contributed by atoms with van der Waals surface area (Å²) in [4.78, 5) is 0. The molecule has 0 radical (unpaired) electrons. The van der Waals surface area contributed by atoms with E-state index in [1.54, 1.807) is 0 Å². The van der Waals surface area contributed by atoms with Crippen LogP contribution < -0.4 is 0 Å². The van der Waals surface area contributed by atoms with E-state index in [9.17, 15) is 5.11 Å². The van der Waals surface area contributed by atoms with Gasteiger partial charge in [-0.15, -0.1) is 0 Å². The maximum absolute atomic E-state index is 9.38. The molecule has 1 nitrogen and oxygen atoms in total. The molecule has 0 saturated heterocycles. The highest BCUT2D eigenvalue weighted by molar-refractivity contribution is 6.31. The monoisotopic (exact) mass is 264 g/mol. The van der Waals surface area contributed by atoms with Crippen molar-refractivity contribution >= 4 is 11.6 Å². The van der Waals surface area contributed by atoms with E-state index >= 15 is 0 Å². The fourth-order valence-corrected chi connectivity index (χ4v) is 3.98. The van der Waals surface area contributed by atoms with Gasteiger partial charge in [-0.05, 0) is 54.4 Å². The lowest BCUT2D eigenvalue weighted by atomic mass is 9.83. The molecule has 0 aliphatic heterocycles. The number of fused-ring (bicyclic) bond motifs is 1. The highest BCUT2D eigenvalue weighted by atomic mass is 35.5. The fourth-order valence-electron chi connectivity index (χ4n) is 3.65. The summed E-state index contributed by atoms with van der Waals surface area (Å²) in [5.74, 6) is 0.989. The largest absolute Gasteiger partial charge is 0.396 e. The Morgan fingerprint density at radius 2 is 1.83 bits per heavy atom. The van der Waals surface area contributed by atoms with Crippen molar-refractivity contribution in [2.45, 2.75) is 56.8 Å². The smallest absolute Gasteiger partial charge is 0.0499 e. The first kappa shape index (κ1) is 12.5. The molecule has 1 fully saturated rings. The van der Waals surface area contributed by atoms with Crippen LogP contribution in [0.1, 0.15) is 67.1 Å². The summed E-state index contributed by atoms with van der Waals surface area (Å²) in [6, 6.07) is 4.47. The van der Waals surface area contributed by atoms with Gasteiger partial charge in [-0.2, -0.15) is 0 Å². The minimum atomic E-state index is 0.256. The Bertz CT molecular complexity index is 435. The average molecular weight is 265 g/mol. The molecule has 1 unspecified atom stereocenters. The van der Waals surface area contributed by atoms with Crippen LogP contribution in [0.15, 0.2) is 12.1 Å². The Kier molecular flexibility index (Phi) is 3.63. The number of benzene rings is 1. The number of hydrogen-bond acceptors (Lipinski definition) is 1. The van der Waals surface area contributed by atoms with E-state index in [1.165, 1.54) is 48.8 Å². The van der Waals surface area contributed by atoms with Gasteiger partial charge in [-0.1, -0.05) is 36.9 Å². The van der Waals surface area contributed by atoms with E-state index in [4.69, 9.17) is 11.6 Å². The molecule has 0 heterocycles. The van der Waals surface area contributed by atoms with Crippen molar-refractivity contribution in [1.29, 1.82) is 0 Å². The van der Waals surface area contributed by atoms with Crippen molar-refractivity contribution in [2.24, 2.45) is 0 Å². The molecule has 2 heteroatoms. The van der Waals surface area contributed by atoms with Crippen molar-refractivity contribution in [3.05, 3.63) is 33.8 Å². The van der Waals surface area contributed by atoms with Crippen LogP contribution in [0.3, 0.4) is 0 Å². The Hall–Kier alpha value is -0.530. The highest BCUT2D eigenvalue weighted by Crippen LogP contribution is 2.41. The molecule has 1 atom stereocenters. The summed E-state index contributed by atoms with van der Waals surface area (Å²) in [6.45, 7) is 0.256. The number of aliphatic hydroxyl groups is 1. The zero-order valence-electron chi connectivity index (χ0n) is 10.8. The lowest BCUT2D eigenvalue weighted by molar-refractivity contribution is 0.265. The number of rotatable bonds is 2. The summed E-state index contributed by atoms with van der Waals surface area (Å²) in [6.07, 6.45) is 8.85. The summed E-state index contributed by atoms with van der Waals surface area (Å²) in [5, 5.41) is 10.3. The molecule has 98 valence electrons. The van der Waals surface area contributed by atoms with Gasteiger partial charge < -0.3 is 5.11 Å². The summed E-state index contributed by atoms with van der Waals surface area (Å²) < 4.78 is 0. The summed E-state index contributed by atoms with van der Waals surface area (Å²) >= 11 is 6.48. The minimum Gasteiger partial charge on any atom is -0.396 e. The first-order chi connectivity index (χ1) is 8.79. The van der Waals surface area contributed by atoms with Crippen LogP contribution in [0.2, 0.25) is 5.02 Å². The highest BCUT2D eigenvalue weighted by Gasteiger charge is 2.25. The van der Waals surface area contributed by atoms with Crippen molar-refractivity contribution in [2.75, 3.05) is 6.61 Å². The van der Waals surface area contributed by atoms with E-state index < -0.39 is 0 Å². The van der Waals surface area contributed by atoms with Crippen LogP contribution in [0.5, 0.6) is 0 Å². The van der Waals surface area contributed by atoms with Gasteiger partial charge in [-0.25, -0.2) is 0 Å². The maximum atomic E-state index is 9.38. The van der Waals surface area contributed by atoms with Crippen molar-refractivity contribution < 1.29 is 5.11 Å². The van der Waals surface area contributed by atoms with Gasteiger partial charge >= 0.3 is 0 Å². The van der Waals surface area contributed by atoms with Crippen molar-refractivity contribution in [3.63, 3.8) is 0 Å². The average Bonchev–Trinajstić information content (AvgIpc) is 2.80. The second-order valence-electron chi connectivity index (χ2n) is 5.83. The number of hydrogen-bond donors (Lipinski definition) is 1. The molecular weight excluding hydrogens is 244 g/mol. The lowest BCUT2D eigenvalue weighted by Crippen LogP contribution is -2.06.